The highest BCUT2D eigenvalue weighted by Gasteiger charge is 2.26. The van der Waals surface area contributed by atoms with Gasteiger partial charge in [-0.05, 0) is 47.9 Å². The van der Waals surface area contributed by atoms with E-state index < -0.39 is 0 Å². The number of ether oxygens (including phenoxy) is 1. The van der Waals surface area contributed by atoms with Crippen LogP contribution in [0.4, 0.5) is 5.69 Å². The molecule has 0 saturated carbocycles. The van der Waals surface area contributed by atoms with Crippen LogP contribution in [0.5, 0.6) is 0 Å². The number of aryl methyl sites for hydroxylation is 1. The van der Waals surface area contributed by atoms with Crippen LogP contribution >= 0.6 is 15.9 Å². The Balaban J connectivity index is 1.39. The zero-order chi connectivity index (χ0) is 19.1. The van der Waals surface area contributed by atoms with E-state index in [1.807, 2.05) is 24.1 Å². The lowest BCUT2D eigenvalue weighted by Gasteiger charge is -2.24. The number of rotatable bonds is 4. The standard InChI is InChI=1S/C22H21BrN4O/c1-27-13-14(12-25-27)11-24-17-5-2-15(3-6-17)22-21-18(8-9-28-22)19-10-16(23)4-7-20(19)26-21/h2-7,10,12-13,22,24,26H,8-9,11H2,1H3. The molecule has 0 radical (unpaired) electrons. The molecule has 0 saturated heterocycles. The third kappa shape index (κ3) is 3.23. The smallest absolute Gasteiger partial charge is 0.123 e. The molecule has 1 aliphatic heterocycles. The zero-order valence-corrected chi connectivity index (χ0v) is 17.2. The van der Waals surface area contributed by atoms with Gasteiger partial charge >= 0.3 is 0 Å². The molecule has 5 nitrogen and oxygen atoms in total. The summed E-state index contributed by atoms with van der Waals surface area (Å²) in [7, 11) is 1.93. The average Bonchev–Trinajstić information content (AvgIpc) is 3.29. The monoisotopic (exact) mass is 436 g/mol. The Labute approximate surface area is 171 Å². The van der Waals surface area contributed by atoms with Crippen LogP contribution in [-0.4, -0.2) is 21.4 Å². The normalized spacial score (nSPS) is 16.3. The Hall–Kier alpha value is -2.57. The van der Waals surface area contributed by atoms with Crippen molar-refractivity contribution in [3.63, 3.8) is 0 Å². The quantitative estimate of drug-likeness (QED) is 0.476. The van der Waals surface area contributed by atoms with Crippen molar-refractivity contribution in [3.05, 3.63) is 81.7 Å². The molecule has 1 atom stereocenters. The first-order valence-electron chi connectivity index (χ1n) is 9.40. The predicted octanol–water partition coefficient (Wildman–Crippen LogP) is 4.94. The second-order valence-electron chi connectivity index (χ2n) is 7.21. The SMILES string of the molecule is Cn1cc(CNc2ccc(C3OCCc4c3[nH]c3ccc(Br)cc43)cc2)cn1. The van der Waals surface area contributed by atoms with Gasteiger partial charge < -0.3 is 15.0 Å². The van der Waals surface area contributed by atoms with Crippen molar-refractivity contribution in [2.45, 2.75) is 19.1 Å². The number of aromatic nitrogens is 3. The van der Waals surface area contributed by atoms with Gasteiger partial charge in [-0.25, -0.2) is 0 Å². The molecule has 1 aliphatic rings. The van der Waals surface area contributed by atoms with Gasteiger partial charge in [0, 0.05) is 46.4 Å². The van der Waals surface area contributed by atoms with Crippen LogP contribution in [0.15, 0.2) is 59.3 Å². The fourth-order valence-corrected chi connectivity index (χ4v) is 4.26. The maximum absolute atomic E-state index is 6.15. The van der Waals surface area contributed by atoms with E-state index in [4.69, 9.17) is 4.74 Å². The minimum Gasteiger partial charge on any atom is -0.381 e. The Morgan fingerprint density at radius 3 is 2.89 bits per heavy atom. The summed E-state index contributed by atoms with van der Waals surface area (Å²) in [4.78, 5) is 3.58. The molecule has 28 heavy (non-hydrogen) atoms. The number of anilines is 1. The van der Waals surface area contributed by atoms with E-state index in [-0.39, 0.29) is 6.10 Å². The molecule has 0 fully saturated rings. The summed E-state index contributed by atoms with van der Waals surface area (Å²) in [6, 6.07) is 14.9. The number of hydrogen-bond acceptors (Lipinski definition) is 3. The van der Waals surface area contributed by atoms with E-state index in [9.17, 15) is 0 Å². The molecule has 2 aromatic heterocycles. The van der Waals surface area contributed by atoms with Crippen LogP contribution in [0.25, 0.3) is 10.9 Å². The van der Waals surface area contributed by atoms with E-state index in [0.29, 0.717) is 0 Å². The van der Waals surface area contributed by atoms with E-state index >= 15 is 0 Å². The number of nitrogens with zero attached hydrogens (tertiary/aromatic N) is 2. The van der Waals surface area contributed by atoms with E-state index in [1.54, 1.807) is 0 Å². The zero-order valence-electron chi connectivity index (χ0n) is 15.6. The van der Waals surface area contributed by atoms with Crippen LogP contribution in [0.3, 0.4) is 0 Å². The van der Waals surface area contributed by atoms with Crippen molar-refractivity contribution in [2.24, 2.45) is 7.05 Å². The summed E-state index contributed by atoms with van der Waals surface area (Å²) < 4.78 is 9.07. The molecule has 0 bridgehead atoms. The molecule has 0 spiro atoms. The van der Waals surface area contributed by atoms with Crippen molar-refractivity contribution in [3.8, 4) is 0 Å². The number of H-pyrrole nitrogens is 1. The third-order valence-corrected chi connectivity index (χ3v) is 5.76. The first kappa shape index (κ1) is 17.5. The molecule has 0 amide bonds. The Bertz CT molecular complexity index is 1130. The van der Waals surface area contributed by atoms with E-state index in [0.717, 1.165) is 35.3 Å². The minimum atomic E-state index is -0.0534. The lowest BCUT2D eigenvalue weighted by Crippen LogP contribution is -2.16. The number of aromatic amines is 1. The van der Waals surface area contributed by atoms with Gasteiger partial charge in [0.05, 0.1) is 18.5 Å². The number of hydrogen-bond donors (Lipinski definition) is 2. The average molecular weight is 437 g/mol. The Morgan fingerprint density at radius 2 is 2.11 bits per heavy atom. The Kier molecular flexibility index (Phi) is 4.45. The van der Waals surface area contributed by atoms with Crippen LogP contribution in [0.2, 0.25) is 0 Å². The summed E-state index contributed by atoms with van der Waals surface area (Å²) in [5, 5.41) is 8.93. The van der Waals surface area contributed by atoms with Crippen LogP contribution in [-0.2, 0) is 24.8 Å². The van der Waals surface area contributed by atoms with Crippen LogP contribution in [0, 0.1) is 0 Å². The lowest BCUT2D eigenvalue weighted by molar-refractivity contribution is 0.0677. The van der Waals surface area contributed by atoms with Gasteiger partial charge in [-0.15, -0.1) is 0 Å². The van der Waals surface area contributed by atoms with E-state index in [1.165, 1.54) is 27.7 Å². The summed E-state index contributed by atoms with van der Waals surface area (Å²) in [6.45, 7) is 1.49. The fraction of sp³-hybridized carbons (Fsp3) is 0.227. The van der Waals surface area contributed by atoms with Gasteiger partial charge in [-0.1, -0.05) is 28.1 Å². The van der Waals surface area contributed by atoms with Crippen molar-refractivity contribution in [1.82, 2.24) is 14.8 Å². The van der Waals surface area contributed by atoms with Crippen molar-refractivity contribution >= 4 is 32.5 Å². The van der Waals surface area contributed by atoms with Gasteiger partial charge in [0.2, 0.25) is 0 Å². The van der Waals surface area contributed by atoms with Crippen molar-refractivity contribution in [2.75, 3.05) is 11.9 Å². The minimum absolute atomic E-state index is 0.0534. The summed E-state index contributed by atoms with van der Waals surface area (Å²) >= 11 is 3.59. The second kappa shape index (κ2) is 7.11. The molecule has 0 aliphatic carbocycles. The van der Waals surface area contributed by atoms with Gasteiger partial charge in [0.1, 0.15) is 6.10 Å². The highest BCUT2D eigenvalue weighted by molar-refractivity contribution is 9.10. The maximum atomic E-state index is 6.15. The molecular weight excluding hydrogens is 416 g/mol. The molecule has 2 aromatic carbocycles. The third-order valence-electron chi connectivity index (χ3n) is 5.27. The number of nitrogens with one attached hydrogen (secondary N) is 2. The summed E-state index contributed by atoms with van der Waals surface area (Å²) in [6.07, 6.45) is 4.79. The molecule has 6 heteroatoms. The summed E-state index contributed by atoms with van der Waals surface area (Å²) in [5.74, 6) is 0. The highest BCUT2D eigenvalue weighted by atomic mass is 79.9. The highest BCUT2D eigenvalue weighted by Crippen LogP contribution is 2.37. The molecule has 3 heterocycles. The topological polar surface area (TPSA) is 54.9 Å². The van der Waals surface area contributed by atoms with Gasteiger partial charge in [0.15, 0.2) is 0 Å². The first-order chi connectivity index (χ1) is 13.7. The fourth-order valence-electron chi connectivity index (χ4n) is 3.90. The maximum Gasteiger partial charge on any atom is 0.123 e. The molecule has 142 valence electrons. The molecular formula is C22H21BrN4O. The van der Waals surface area contributed by atoms with Crippen LogP contribution < -0.4 is 5.32 Å². The predicted molar refractivity (Wildman–Crippen MR) is 114 cm³/mol. The molecule has 1 unspecified atom stereocenters. The van der Waals surface area contributed by atoms with Gasteiger partial charge in [-0.2, -0.15) is 5.10 Å². The molecule has 5 rings (SSSR count). The number of fused-ring (bicyclic) bond motifs is 3. The molecule has 2 N–H and O–H groups in total. The van der Waals surface area contributed by atoms with Crippen molar-refractivity contribution in [1.29, 1.82) is 0 Å². The van der Waals surface area contributed by atoms with Gasteiger partial charge in [-0.3, -0.25) is 4.68 Å². The number of benzene rings is 2. The molecule has 4 aromatic rings. The largest absolute Gasteiger partial charge is 0.381 e. The van der Waals surface area contributed by atoms with Crippen LogP contribution in [0.1, 0.15) is 28.5 Å². The summed E-state index contributed by atoms with van der Waals surface area (Å²) in [5.41, 5.74) is 7.12. The first-order valence-corrected chi connectivity index (χ1v) is 10.2. The Morgan fingerprint density at radius 1 is 1.25 bits per heavy atom. The van der Waals surface area contributed by atoms with E-state index in [2.05, 4.69) is 73.8 Å². The lowest BCUT2D eigenvalue weighted by atomic mass is 9.97. The van der Waals surface area contributed by atoms with Gasteiger partial charge in [0.25, 0.3) is 0 Å². The second-order valence-corrected chi connectivity index (χ2v) is 8.12. The van der Waals surface area contributed by atoms with Crippen molar-refractivity contribution < 1.29 is 4.74 Å². The number of halogens is 1.